The number of rotatable bonds is 2. The summed E-state index contributed by atoms with van der Waals surface area (Å²) in [5, 5.41) is 6.76. The summed E-state index contributed by atoms with van der Waals surface area (Å²) in [4.78, 5) is 12.2. The lowest BCUT2D eigenvalue weighted by Crippen LogP contribution is -2.25. The van der Waals surface area contributed by atoms with Gasteiger partial charge in [0.25, 0.3) is 5.91 Å². The third-order valence-electron chi connectivity index (χ3n) is 1.28. The largest absolute Gasteiger partial charge is 0.303 e. The third-order valence-corrected chi connectivity index (χ3v) is 1.28. The van der Waals surface area contributed by atoms with Gasteiger partial charge in [0.15, 0.2) is 0 Å². The van der Waals surface area contributed by atoms with E-state index in [1.807, 2.05) is 0 Å². The standard InChI is InChI=1S/C7H12N2O/c1-4-6(2)7(10)9(3)5-8/h4-5,8H,1-3H3/b6-4-,8-5?. The lowest BCUT2D eigenvalue weighted by Gasteiger charge is -2.08. The van der Waals surface area contributed by atoms with Crippen LogP contribution in [0.15, 0.2) is 11.6 Å². The van der Waals surface area contributed by atoms with Gasteiger partial charge in [-0.15, -0.1) is 0 Å². The number of allylic oxidation sites excluding steroid dienone is 1. The van der Waals surface area contributed by atoms with Gasteiger partial charge in [-0.2, -0.15) is 0 Å². The molecule has 0 aliphatic rings. The first-order chi connectivity index (χ1) is 4.63. The average Bonchev–Trinajstić information content (AvgIpc) is 2.00. The molecule has 0 aromatic carbocycles. The molecule has 56 valence electrons. The molecule has 0 saturated carbocycles. The van der Waals surface area contributed by atoms with Gasteiger partial charge in [0.2, 0.25) is 0 Å². The van der Waals surface area contributed by atoms with Gasteiger partial charge in [0.1, 0.15) is 0 Å². The maximum absolute atomic E-state index is 11.0. The van der Waals surface area contributed by atoms with Crippen LogP contribution < -0.4 is 0 Å². The van der Waals surface area contributed by atoms with Gasteiger partial charge in [-0.25, -0.2) is 0 Å². The Bertz CT molecular complexity index is 172. The molecule has 0 atom stereocenters. The van der Waals surface area contributed by atoms with Crippen LogP contribution in [0.3, 0.4) is 0 Å². The van der Waals surface area contributed by atoms with E-state index in [0.717, 1.165) is 6.34 Å². The number of amides is 1. The highest BCUT2D eigenvalue weighted by molar-refractivity contribution is 5.98. The highest BCUT2D eigenvalue weighted by atomic mass is 16.2. The van der Waals surface area contributed by atoms with E-state index in [4.69, 9.17) is 5.41 Å². The van der Waals surface area contributed by atoms with Crippen molar-refractivity contribution in [2.24, 2.45) is 0 Å². The van der Waals surface area contributed by atoms with Crippen LogP contribution >= 0.6 is 0 Å². The van der Waals surface area contributed by atoms with E-state index < -0.39 is 0 Å². The fourth-order valence-corrected chi connectivity index (χ4v) is 0.460. The molecular weight excluding hydrogens is 128 g/mol. The number of hydrogen-bond donors (Lipinski definition) is 1. The molecular formula is C7H12N2O. The summed E-state index contributed by atoms with van der Waals surface area (Å²) in [6, 6.07) is 0. The summed E-state index contributed by atoms with van der Waals surface area (Å²) in [7, 11) is 1.56. The molecule has 0 aromatic rings. The molecule has 3 heteroatoms. The van der Waals surface area contributed by atoms with E-state index in [1.54, 1.807) is 27.0 Å². The molecule has 0 spiro atoms. The number of nitrogens with one attached hydrogen (secondary N) is 1. The lowest BCUT2D eigenvalue weighted by atomic mass is 10.2. The summed E-state index contributed by atoms with van der Waals surface area (Å²) < 4.78 is 0. The Labute approximate surface area is 60.8 Å². The van der Waals surface area contributed by atoms with E-state index in [1.165, 1.54) is 4.90 Å². The molecule has 0 rings (SSSR count). The van der Waals surface area contributed by atoms with Crippen LogP contribution in [0.1, 0.15) is 13.8 Å². The van der Waals surface area contributed by atoms with Crippen LogP contribution in [-0.2, 0) is 4.79 Å². The fourth-order valence-electron chi connectivity index (χ4n) is 0.460. The van der Waals surface area contributed by atoms with Crippen molar-refractivity contribution in [2.75, 3.05) is 7.05 Å². The zero-order valence-electron chi connectivity index (χ0n) is 6.51. The molecule has 0 unspecified atom stereocenters. The second-order valence-electron chi connectivity index (χ2n) is 2.02. The molecule has 3 nitrogen and oxygen atoms in total. The van der Waals surface area contributed by atoms with Crippen LogP contribution in [0.25, 0.3) is 0 Å². The van der Waals surface area contributed by atoms with Crippen LogP contribution in [0.5, 0.6) is 0 Å². The molecule has 1 N–H and O–H groups in total. The number of carbonyl (C=O) groups is 1. The molecule has 0 aliphatic heterocycles. The maximum Gasteiger partial charge on any atom is 0.253 e. The number of likely N-dealkylation sites (N-methyl/N-ethyl adjacent to an activating group) is 1. The van der Waals surface area contributed by atoms with Gasteiger partial charge in [0.05, 0.1) is 6.34 Å². The zero-order valence-corrected chi connectivity index (χ0v) is 6.51. The van der Waals surface area contributed by atoms with Gasteiger partial charge >= 0.3 is 0 Å². The SMILES string of the molecule is C/C=C(/C)C(=O)N(C)C=N. The number of carbonyl (C=O) groups excluding carboxylic acids is 1. The second-order valence-corrected chi connectivity index (χ2v) is 2.02. The molecule has 1 amide bonds. The minimum Gasteiger partial charge on any atom is -0.303 e. The Morgan fingerprint density at radius 2 is 2.10 bits per heavy atom. The van der Waals surface area contributed by atoms with Crippen molar-refractivity contribution in [3.63, 3.8) is 0 Å². The summed E-state index contributed by atoms with van der Waals surface area (Å²) >= 11 is 0. The van der Waals surface area contributed by atoms with E-state index in [9.17, 15) is 4.79 Å². The Kier molecular flexibility index (Phi) is 3.39. The second kappa shape index (κ2) is 3.82. The number of hydrogen-bond acceptors (Lipinski definition) is 2. The highest BCUT2D eigenvalue weighted by Crippen LogP contribution is 1.95. The van der Waals surface area contributed by atoms with Gasteiger partial charge in [0, 0.05) is 12.6 Å². The monoisotopic (exact) mass is 140 g/mol. The minimum absolute atomic E-state index is 0.127. The van der Waals surface area contributed by atoms with Crippen LogP contribution in [-0.4, -0.2) is 24.2 Å². The van der Waals surface area contributed by atoms with Crippen molar-refractivity contribution < 1.29 is 4.79 Å². The third kappa shape index (κ3) is 2.01. The molecule has 0 radical (unpaired) electrons. The van der Waals surface area contributed by atoms with E-state index in [-0.39, 0.29) is 5.91 Å². The molecule has 0 aliphatic carbocycles. The van der Waals surface area contributed by atoms with Crippen LogP contribution in [0.2, 0.25) is 0 Å². The predicted octanol–water partition coefficient (Wildman–Crippen LogP) is 1.02. The van der Waals surface area contributed by atoms with Crippen molar-refractivity contribution >= 4 is 12.2 Å². The summed E-state index contributed by atoms with van der Waals surface area (Å²) in [5.41, 5.74) is 0.658. The zero-order chi connectivity index (χ0) is 8.15. The lowest BCUT2D eigenvalue weighted by molar-refractivity contribution is -0.122. The topological polar surface area (TPSA) is 44.2 Å². The van der Waals surface area contributed by atoms with E-state index in [0.29, 0.717) is 5.57 Å². The number of nitrogens with zero attached hydrogens (tertiary/aromatic N) is 1. The summed E-state index contributed by atoms with van der Waals surface area (Å²) in [5.74, 6) is -0.127. The smallest absolute Gasteiger partial charge is 0.253 e. The molecule has 0 fully saturated rings. The Morgan fingerprint density at radius 3 is 2.40 bits per heavy atom. The van der Waals surface area contributed by atoms with Crippen LogP contribution in [0, 0.1) is 5.41 Å². The molecule has 0 heterocycles. The molecule has 10 heavy (non-hydrogen) atoms. The van der Waals surface area contributed by atoms with Gasteiger partial charge < -0.3 is 4.90 Å². The first-order valence-corrected chi connectivity index (χ1v) is 3.04. The quantitative estimate of drug-likeness (QED) is 0.347. The van der Waals surface area contributed by atoms with E-state index in [2.05, 4.69) is 0 Å². The van der Waals surface area contributed by atoms with E-state index >= 15 is 0 Å². The summed E-state index contributed by atoms with van der Waals surface area (Å²) in [6.07, 6.45) is 2.72. The van der Waals surface area contributed by atoms with Crippen molar-refractivity contribution in [3.05, 3.63) is 11.6 Å². The first kappa shape index (κ1) is 8.88. The fraction of sp³-hybridized carbons (Fsp3) is 0.429. The molecule has 0 saturated heterocycles. The van der Waals surface area contributed by atoms with Crippen LogP contribution in [0.4, 0.5) is 0 Å². The first-order valence-electron chi connectivity index (χ1n) is 3.04. The Hall–Kier alpha value is -1.12. The van der Waals surface area contributed by atoms with Crippen molar-refractivity contribution in [2.45, 2.75) is 13.8 Å². The Morgan fingerprint density at radius 1 is 1.60 bits per heavy atom. The van der Waals surface area contributed by atoms with Crippen molar-refractivity contribution in [3.8, 4) is 0 Å². The normalized spacial score (nSPS) is 10.9. The maximum atomic E-state index is 11.0. The minimum atomic E-state index is -0.127. The average molecular weight is 140 g/mol. The Balaban J connectivity index is 4.22. The summed E-state index contributed by atoms with van der Waals surface area (Å²) in [6.45, 7) is 3.52. The van der Waals surface area contributed by atoms with Crippen molar-refractivity contribution in [1.82, 2.24) is 4.90 Å². The van der Waals surface area contributed by atoms with Gasteiger partial charge in [-0.05, 0) is 13.8 Å². The van der Waals surface area contributed by atoms with Gasteiger partial charge in [-0.1, -0.05) is 6.08 Å². The van der Waals surface area contributed by atoms with Gasteiger partial charge in [-0.3, -0.25) is 10.2 Å². The van der Waals surface area contributed by atoms with Crippen molar-refractivity contribution in [1.29, 1.82) is 5.41 Å². The highest BCUT2D eigenvalue weighted by Gasteiger charge is 2.05. The molecule has 0 aromatic heterocycles. The molecule has 0 bridgehead atoms. The predicted molar refractivity (Wildman–Crippen MR) is 41.0 cm³/mol.